The van der Waals surface area contributed by atoms with Gasteiger partial charge in [-0.1, -0.05) is 51.8 Å². The van der Waals surface area contributed by atoms with Gasteiger partial charge in [0.05, 0.1) is 10.6 Å². The second kappa shape index (κ2) is 7.55. The molecule has 126 valence electrons. The molecular formula is C18H12BrClN2O3. The van der Waals surface area contributed by atoms with Crippen LogP contribution in [0.15, 0.2) is 69.6 Å². The van der Waals surface area contributed by atoms with Crippen LogP contribution in [0.5, 0.6) is 0 Å². The second-order valence-electron chi connectivity index (χ2n) is 5.06. The van der Waals surface area contributed by atoms with Crippen LogP contribution in [-0.4, -0.2) is 11.8 Å². The highest BCUT2D eigenvalue weighted by atomic mass is 79.9. The lowest BCUT2D eigenvalue weighted by molar-refractivity contribution is 0.0831. The Morgan fingerprint density at radius 1 is 0.880 bits per heavy atom. The van der Waals surface area contributed by atoms with E-state index in [1.807, 2.05) is 24.3 Å². The number of hydrazine groups is 1. The van der Waals surface area contributed by atoms with Crippen molar-refractivity contribution in [1.29, 1.82) is 0 Å². The van der Waals surface area contributed by atoms with Gasteiger partial charge in [-0.25, -0.2) is 0 Å². The molecule has 0 unspecified atom stereocenters. The minimum atomic E-state index is -0.566. The van der Waals surface area contributed by atoms with Gasteiger partial charge in [0.1, 0.15) is 5.76 Å². The van der Waals surface area contributed by atoms with Crippen molar-refractivity contribution in [2.24, 2.45) is 0 Å². The fraction of sp³-hybridized carbons (Fsp3) is 0. The molecule has 0 aliphatic heterocycles. The largest absolute Gasteiger partial charge is 0.451 e. The molecule has 7 heteroatoms. The summed E-state index contributed by atoms with van der Waals surface area (Å²) >= 11 is 9.30. The molecule has 2 aromatic carbocycles. The number of benzene rings is 2. The van der Waals surface area contributed by atoms with Crippen LogP contribution in [0, 0.1) is 0 Å². The summed E-state index contributed by atoms with van der Waals surface area (Å²) in [5.74, 6) is -0.449. The fourth-order valence-corrected chi connectivity index (χ4v) is 2.60. The summed E-state index contributed by atoms with van der Waals surface area (Å²) in [6.45, 7) is 0. The molecule has 0 fully saturated rings. The van der Waals surface area contributed by atoms with Gasteiger partial charge in [-0.2, -0.15) is 0 Å². The number of carbonyl (C=O) groups is 2. The number of carbonyl (C=O) groups excluding carboxylic acids is 2. The molecule has 0 atom stereocenters. The van der Waals surface area contributed by atoms with Crippen molar-refractivity contribution in [1.82, 2.24) is 10.9 Å². The summed E-state index contributed by atoms with van der Waals surface area (Å²) in [5, 5.41) is 0.296. The summed E-state index contributed by atoms with van der Waals surface area (Å²) in [4.78, 5) is 24.1. The number of nitrogens with one attached hydrogen (secondary N) is 2. The van der Waals surface area contributed by atoms with E-state index >= 15 is 0 Å². The Kier molecular flexibility index (Phi) is 5.21. The van der Waals surface area contributed by atoms with Gasteiger partial charge in [0.25, 0.3) is 5.91 Å². The molecule has 3 aromatic rings. The molecule has 3 rings (SSSR count). The Morgan fingerprint density at radius 2 is 1.56 bits per heavy atom. The first-order valence-corrected chi connectivity index (χ1v) is 8.42. The van der Waals surface area contributed by atoms with Gasteiger partial charge in [-0.05, 0) is 36.4 Å². The summed E-state index contributed by atoms with van der Waals surface area (Å²) in [6.07, 6.45) is 0. The van der Waals surface area contributed by atoms with Crippen LogP contribution in [0.2, 0.25) is 5.02 Å². The van der Waals surface area contributed by atoms with Gasteiger partial charge >= 0.3 is 5.91 Å². The molecule has 5 nitrogen and oxygen atoms in total. The third-order valence-electron chi connectivity index (χ3n) is 3.37. The van der Waals surface area contributed by atoms with Gasteiger partial charge < -0.3 is 4.42 Å². The highest BCUT2D eigenvalue weighted by Crippen LogP contribution is 2.24. The molecule has 2 amide bonds. The summed E-state index contributed by atoms with van der Waals surface area (Å²) < 4.78 is 6.48. The highest BCUT2D eigenvalue weighted by molar-refractivity contribution is 9.10. The van der Waals surface area contributed by atoms with Gasteiger partial charge in [0.2, 0.25) is 0 Å². The molecular weight excluding hydrogens is 408 g/mol. The highest BCUT2D eigenvalue weighted by Gasteiger charge is 2.15. The number of halogens is 2. The Labute approximate surface area is 157 Å². The minimum absolute atomic E-state index is 0.0809. The van der Waals surface area contributed by atoms with Gasteiger partial charge in [0, 0.05) is 10.0 Å². The Balaban J connectivity index is 1.65. The lowest BCUT2D eigenvalue weighted by Gasteiger charge is -2.07. The molecule has 0 saturated carbocycles. The van der Waals surface area contributed by atoms with E-state index in [0.29, 0.717) is 10.8 Å². The molecule has 2 N–H and O–H groups in total. The smallest absolute Gasteiger partial charge is 0.305 e. The monoisotopic (exact) mass is 418 g/mol. The van der Waals surface area contributed by atoms with E-state index in [-0.39, 0.29) is 11.3 Å². The molecule has 1 aromatic heterocycles. The summed E-state index contributed by atoms with van der Waals surface area (Å²) in [7, 11) is 0. The average molecular weight is 420 g/mol. The topological polar surface area (TPSA) is 71.3 Å². The Bertz CT molecular complexity index is 922. The van der Waals surface area contributed by atoms with Crippen molar-refractivity contribution in [3.63, 3.8) is 0 Å². The van der Waals surface area contributed by atoms with E-state index < -0.39 is 11.8 Å². The maximum Gasteiger partial charge on any atom is 0.305 e. The van der Waals surface area contributed by atoms with Crippen LogP contribution in [-0.2, 0) is 0 Å². The number of hydrogen-bond acceptors (Lipinski definition) is 3. The van der Waals surface area contributed by atoms with Crippen molar-refractivity contribution in [3.8, 4) is 11.3 Å². The Morgan fingerprint density at radius 3 is 2.28 bits per heavy atom. The fourth-order valence-electron chi connectivity index (χ4n) is 2.12. The van der Waals surface area contributed by atoms with Gasteiger partial charge in [-0.15, -0.1) is 0 Å². The molecule has 0 saturated heterocycles. The van der Waals surface area contributed by atoms with E-state index in [0.717, 1.165) is 10.0 Å². The predicted octanol–water partition coefficient (Wildman–Crippen LogP) is 4.44. The number of amides is 2. The number of hydrogen-bond donors (Lipinski definition) is 2. The minimum Gasteiger partial charge on any atom is -0.451 e. The first-order chi connectivity index (χ1) is 12.0. The van der Waals surface area contributed by atoms with Crippen LogP contribution in [0.3, 0.4) is 0 Å². The van der Waals surface area contributed by atoms with E-state index in [9.17, 15) is 9.59 Å². The normalized spacial score (nSPS) is 10.3. The van der Waals surface area contributed by atoms with Crippen molar-refractivity contribution in [2.45, 2.75) is 0 Å². The maximum atomic E-state index is 12.1. The van der Waals surface area contributed by atoms with Gasteiger partial charge in [-0.3, -0.25) is 20.4 Å². The predicted molar refractivity (Wildman–Crippen MR) is 98.2 cm³/mol. The van der Waals surface area contributed by atoms with Crippen LogP contribution < -0.4 is 10.9 Å². The number of rotatable bonds is 3. The third kappa shape index (κ3) is 4.10. The van der Waals surface area contributed by atoms with Crippen molar-refractivity contribution in [2.75, 3.05) is 0 Å². The van der Waals surface area contributed by atoms with Crippen LogP contribution >= 0.6 is 27.5 Å². The zero-order valence-electron chi connectivity index (χ0n) is 12.8. The zero-order valence-corrected chi connectivity index (χ0v) is 15.1. The van der Waals surface area contributed by atoms with E-state index in [1.54, 1.807) is 30.3 Å². The molecule has 0 bridgehead atoms. The second-order valence-corrected chi connectivity index (χ2v) is 6.38. The standard InChI is InChI=1S/C18H12BrClN2O3/c19-12-7-5-11(6-8-12)15-9-10-16(25-15)18(24)22-21-17(23)13-3-1-2-4-14(13)20/h1-10H,(H,21,23)(H,22,24). The first-order valence-electron chi connectivity index (χ1n) is 7.25. The zero-order chi connectivity index (χ0) is 17.8. The summed E-state index contributed by atoms with van der Waals surface area (Å²) in [6, 6.07) is 17.3. The summed E-state index contributed by atoms with van der Waals surface area (Å²) in [5.41, 5.74) is 5.70. The first kappa shape index (κ1) is 17.3. The van der Waals surface area contributed by atoms with E-state index in [4.69, 9.17) is 16.0 Å². The van der Waals surface area contributed by atoms with Crippen molar-refractivity contribution in [3.05, 3.63) is 81.5 Å². The molecule has 25 heavy (non-hydrogen) atoms. The van der Waals surface area contributed by atoms with Crippen LogP contribution in [0.4, 0.5) is 0 Å². The van der Waals surface area contributed by atoms with Crippen LogP contribution in [0.1, 0.15) is 20.9 Å². The maximum absolute atomic E-state index is 12.1. The molecule has 0 aliphatic rings. The molecule has 0 radical (unpaired) electrons. The number of furan rings is 1. The molecule has 0 spiro atoms. The third-order valence-corrected chi connectivity index (χ3v) is 4.22. The SMILES string of the molecule is O=C(NNC(=O)c1ccccc1Cl)c1ccc(-c2ccc(Br)cc2)o1. The van der Waals surface area contributed by atoms with E-state index in [1.165, 1.54) is 6.07 Å². The Hall–Kier alpha value is -2.57. The average Bonchev–Trinajstić information content (AvgIpc) is 3.10. The lowest BCUT2D eigenvalue weighted by Crippen LogP contribution is -2.41. The van der Waals surface area contributed by atoms with Crippen molar-refractivity contribution >= 4 is 39.3 Å². The van der Waals surface area contributed by atoms with E-state index in [2.05, 4.69) is 26.8 Å². The van der Waals surface area contributed by atoms with Gasteiger partial charge in [0.15, 0.2) is 5.76 Å². The quantitative estimate of drug-likeness (QED) is 0.617. The van der Waals surface area contributed by atoms with Crippen molar-refractivity contribution < 1.29 is 14.0 Å². The molecule has 1 heterocycles. The lowest BCUT2D eigenvalue weighted by atomic mass is 10.2. The molecule has 0 aliphatic carbocycles. The van der Waals surface area contributed by atoms with Crippen LogP contribution in [0.25, 0.3) is 11.3 Å².